The third-order valence-corrected chi connectivity index (χ3v) is 7.13. The lowest BCUT2D eigenvalue weighted by molar-refractivity contribution is -0.154. The van der Waals surface area contributed by atoms with E-state index in [9.17, 15) is 14.3 Å². The van der Waals surface area contributed by atoms with Gasteiger partial charge in [0.1, 0.15) is 6.10 Å². The van der Waals surface area contributed by atoms with Gasteiger partial charge >= 0.3 is 13.8 Å². The van der Waals surface area contributed by atoms with Gasteiger partial charge in [-0.1, -0.05) is 100 Å². The molecule has 43 heavy (non-hydrogen) atoms. The third-order valence-electron chi connectivity index (χ3n) is 6.15. The molecule has 0 aromatic rings. The first kappa shape index (κ1) is 41.2. The molecule has 0 fully saturated rings. The van der Waals surface area contributed by atoms with E-state index in [0.29, 0.717) is 13.0 Å². The summed E-state index contributed by atoms with van der Waals surface area (Å²) in [5.41, 5.74) is 5.32. The largest absolute Gasteiger partial charge is 0.472 e. The number of nitrogens with two attached hydrogens (primary N) is 1. The highest BCUT2D eigenvalue weighted by Gasteiger charge is 2.25. The van der Waals surface area contributed by atoms with Crippen molar-refractivity contribution < 1.29 is 32.8 Å². The standard InChI is InChI=1S/C34H60NO7P/c1-3-5-7-9-11-13-15-16-17-18-20-22-24-26-29-39-31-33(32-41-43(37,38)40-30-28-35)42-34(36)27-25-23-21-19-14-12-10-8-6-4-2/h5,7-8,10-11,13,16-17,20,22,33H,3-4,6,9,12,14-15,18-19,21,23-32,35H2,1-2H3,(H,37,38)/b7-5-,10-8-,13-11-,17-16-,22-20-. The fourth-order valence-corrected chi connectivity index (χ4v) is 4.59. The van der Waals surface area contributed by atoms with Crippen molar-refractivity contribution in [3.05, 3.63) is 60.8 Å². The first-order chi connectivity index (χ1) is 20.9. The lowest BCUT2D eigenvalue weighted by Crippen LogP contribution is -2.28. The van der Waals surface area contributed by atoms with Crippen LogP contribution in [0.2, 0.25) is 0 Å². The Hall–Kier alpha value is -1.80. The van der Waals surface area contributed by atoms with Gasteiger partial charge in [0.25, 0.3) is 0 Å². The van der Waals surface area contributed by atoms with Gasteiger partial charge in [0.2, 0.25) is 0 Å². The minimum atomic E-state index is -4.28. The summed E-state index contributed by atoms with van der Waals surface area (Å²) in [4.78, 5) is 22.2. The lowest BCUT2D eigenvalue weighted by atomic mass is 10.1. The Morgan fingerprint density at radius 1 is 0.721 bits per heavy atom. The summed E-state index contributed by atoms with van der Waals surface area (Å²) in [7, 11) is -4.28. The smallest absolute Gasteiger partial charge is 0.457 e. The maximum atomic E-state index is 12.4. The summed E-state index contributed by atoms with van der Waals surface area (Å²) >= 11 is 0. The normalized spacial score (nSPS) is 14.6. The second-order valence-corrected chi connectivity index (χ2v) is 11.7. The van der Waals surface area contributed by atoms with Gasteiger partial charge in [0.15, 0.2) is 0 Å². The van der Waals surface area contributed by atoms with Gasteiger partial charge < -0.3 is 20.1 Å². The van der Waals surface area contributed by atoms with Crippen LogP contribution in [0.25, 0.3) is 0 Å². The summed E-state index contributed by atoms with van der Waals surface area (Å²) in [6.45, 7) is 4.53. The van der Waals surface area contributed by atoms with Crippen LogP contribution in [0, 0.1) is 0 Å². The Balaban J connectivity index is 4.29. The molecule has 0 rings (SSSR count). The fraction of sp³-hybridized carbons (Fsp3) is 0.676. The van der Waals surface area contributed by atoms with Gasteiger partial charge in [-0.15, -0.1) is 0 Å². The van der Waals surface area contributed by atoms with E-state index >= 15 is 0 Å². The van der Waals surface area contributed by atoms with E-state index in [4.69, 9.17) is 24.3 Å². The van der Waals surface area contributed by atoms with Gasteiger partial charge in [-0.25, -0.2) is 4.57 Å². The van der Waals surface area contributed by atoms with E-state index in [-0.39, 0.29) is 32.3 Å². The molecule has 9 heteroatoms. The predicted octanol–water partition coefficient (Wildman–Crippen LogP) is 8.68. The molecule has 3 N–H and O–H groups in total. The van der Waals surface area contributed by atoms with Crippen LogP contribution in [0.4, 0.5) is 0 Å². The van der Waals surface area contributed by atoms with Crippen molar-refractivity contribution in [3.63, 3.8) is 0 Å². The zero-order valence-electron chi connectivity index (χ0n) is 26.9. The average Bonchev–Trinajstić information content (AvgIpc) is 2.99. The van der Waals surface area contributed by atoms with Crippen LogP contribution in [-0.4, -0.2) is 49.9 Å². The van der Waals surface area contributed by atoms with Crippen molar-refractivity contribution in [1.82, 2.24) is 0 Å². The first-order valence-electron chi connectivity index (χ1n) is 16.3. The summed E-state index contributed by atoms with van der Waals surface area (Å²) in [5, 5.41) is 0. The van der Waals surface area contributed by atoms with E-state index in [2.05, 4.69) is 74.6 Å². The van der Waals surface area contributed by atoms with E-state index in [1.54, 1.807) is 0 Å². The highest BCUT2D eigenvalue weighted by atomic mass is 31.2. The fourth-order valence-electron chi connectivity index (χ4n) is 3.82. The van der Waals surface area contributed by atoms with Crippen molar-refractivity contribution in [2.45, 2.75) is 116 Å². The van der Waals surface area contributed by atoms with Crippen LogP contribution < -0.4 is 5.73 Å². The van der Waals surface area contributed by atoms with Crippen LogP contribution in [0.5, 0.6) is 0 Å². The van der Waals surface area contributed by atoms with Crippen LogP contribution in [0.3, 0.4) is 0 Å². The number of carbonyl (C=O) groups excluding carboxylic acids is 1. The number of hydrogen-bond donors (Lipinski definition) is 2. The first-order valence-corrected chi connectivity index (χ1v) is 17.8. The minimum absolute atomic E-state index is 0.0718. The predicted molar refractivity (Wildman–Crippen MR) is 178 cm³/mol. The van der Waals surface area contributed by atoms with Crippen molar-refractivity contribution >= 4 is 13.8 Å². The Labute approximate surface area is 262 Å². The Morgan fingerprint density at radius 3 is 1.98 bits per heavy atom. The molecule has 0 aliphatic carbocycles. The molecule has 2 unspecified atom stereocenters. The lowest BCUT2D eigenvalue weighted by Gasteiger charge is -2.20. The zero-order chi connectivity index (χ0) is 31.7. The highest BCUT2D eigenvalue weighted by Crippen LogP contribution is 2.43. The van der Waals surface area contributed by atoms with Gasteiger partial charge in [0.05, 0.1) is 19.8 Å². The number of rotatable bonds is 30. The topological polar surface area (TPSA) is 117 Å². The van der Waals surface area contributed by atoms with Gasteiger partial charge in [0, 0.05) is 19.6 Å². The Morgan fingerprint density at radius 2 is 1.30 bits per heavy atom. The number of phosphoric ester groups is 1. The maximum Gasteiger partial charge on any atom is 0.472 e. The van der Waals surface area contributed by atoms with Crippen LogP contribution in [0.15, 0.2) is 60.8 Å². The summed E-state index contributed by atoms with van der Waals surface area (Å²) < 4.78 is 33.0. The molecule has 0 spiro atoms. The monoisotopic (exact) mass is 625 g/mol. The van der Waals surface area contributed by atoms with Crippen molar-refractivity contribution in [1.29, 1.82) is 0 Å². The van der Waals surface area contributed by atoms with Gasteiger partial charge in [-0.3, -0.25) is 13.8 Å². The van der Waals surface area contributed by atoms with E-state index in [1.165, 1.54) is 6.42 Å². The third kappa shape index (κ3) is 31.4. The van der Waals surface area contributed by atoms with E-state index in [1.807, 2.05) is 0 Å². The number of esters is 1. The number of carbonyl (C=O) groups is 1. The van der Waals surface area contributed by atoms with Crippen LogP contribution in [0.1, 0.15) is 110 Å². The summed E-state index contributed by atoms with van der Waals surface area (Å²) in [6.07, 6.45) is 35.4. The molecule has 0 bridgehead atoms. The molecule has 0 aliphatic rings. The SMILES string of the molecule is CC/C=C\C/C=C\C/C=C\C/C=C\CCCOCC(COP(=O)(O)OCCN)OC(=O)CCCCCCC/C=C\CCC. The number of ether oxygens (including phenoxy) is 2. The molecule has 0 aliphatic heterocycles. The highest BCUT2D eigenvalue weighted by molar-refractivity contribution is 7.47. The quantitative estimate of drug-likeness (QED) is 0.0352. The minimum Gasteiger partial charge on any atom is -0.457 e. The number of allylic oxidation sites excluding steroid dienone is 10. The van der Waals surface area contributed by atoms with Crippen LogP contribution in [-0.2, 0) is 27.9 Å². The summed E-state index contributed by atoms with van der Waals surface area (Å²) in [5.74, 6) is -0.366. The van der Waals surface area contributed by atoms with Crippen molar-refractivity contribution in [2.75, 3.05) is 33.0 Å². The molecule has 8 nitrogen and oxygen atoms in total. The molecule has 248 valence electrons. The van der Waals surface area contributed by atoms with E-state index < -0.39 is 13.9 Å². The summed E-state index contributed by atoms with van der Waals surface area (Å²) in [6, 6.07) is 0. The second kappa shape index (κ2) is 31.6. The maximum absolute atomic E-state index is 12.4. The molecule has 0 amide bonds. The molecular formula is C34H60NO7P. The average molecular weight is 626 g/mol. The number of unbranched alkanes of at least 4 members (excludes halogenated alkanes) is 7. The molecule has 0 heterocycles. The van der Waals surface area contributed by atoms with Crippen molar-refractivity contribution in [3.8, 4) is 0 Å². The van der Waals surface area contributed by atoms with Crippen LogP contribution >= 0.6 is 7.82 Å². The zero-order valence-corrected chi connectivity index (χ0v) is 27.8. The molecule has 0 radical (unpaired) electrons. The Kier molecular flexibility index (Phi) is 30.3. The van der Waals surface area contributed by atoms with Gasteiger partial charge in [-0.2, -0.15) is 0 Å². The van der Waals surface area contributed by atoms with Gasteiger partial charge in [-0.05, 0) is 64.2 Å². The Bertz CT molecular complexity index is 839. The molecular weight excluding hydrogens is 565 g/mol. The number of hydrogen-bond acceptors (Lipinski definition) is 7. The molecule has 0 saturated heterocycles. The molecule has 0 saturated carbocycles. The second-order valence-electron chi connectivity index (χ2n) is 10.3. The number of phosphoric acid groups is 1. The molecule has 2 atom stereocenters. The molecule has 0 aromatic heterocycles. The van der Waals surface area contributed by atoms with Crippen molar-refractivity contribution in [2.24, 2.45) is 5.73 Å². The van der Waals surface area contributed by atoms with E-state index in [0.717, 1.165) is 83.5 Å². The molecule has 0 aromatic carbocycles.